The maximum atomic E-state index is 5.15. The third-order valence-corrected chi connectivity index (χ3v) is 13.6. The van der Waals surface area contributed by atoms with Crippen LogP contribution in [-0.4, -0.2) is 15.0 Å². The van der Waals surface area contributed by atoms with E-state index in [-0.39, 0.29) is 0 Å². The first kappa shape index (κ1) is 38.4. The van der Waals surface area contributed by atoms with Gasteiger partial charge < -0.3 is 0 Å². The Balaban J connectivity index is 0.868. The summed E-state index contributed by atoms with van der Waals surface area (Å²) in [4.78, 5) is 15.4. The van der Waals surface area contributed by atoms with Crippen LogP contribution in [0.15, 0.2) is 237 Å². The minimum Gasteiger partial charge on any atom is -0.208 e. The molecule has 0 aliphatic rings. The fourth-order valence-corrected chi connectivity index (χ4v) is 10.2. The van der Waals surface area contributed by atoms with Gasteiger partial charge in [-0.3, -0.25) is 0 Å². The van der Waals surface area contributed by atoms with E-state index in [1.165, 1.54) is 58.8 Å². The number of nitrogens with zero attached hydrogens (tertiary/aromatic N) is 3. The fraction of sp³-hybridized carbons (Fsp3) is 0. The molecular formula is C61H39N3S. The van der Waals surface area contributed by atoms with Crippen LogP contribution >= 0.6 is 11.3 Å². The molecule has 0 bridgehead atoms. The number of aromatic nitrogens is 3. The van der Waals surface area contributed by atoms with Crippen molar-refractivity contribution in [1.82, 2.24) is 15.0 Å². The molecule has 12 aromatic rings. The van der Waals surface area contributed by atoms with Gasteiger partial charge in [-0.25, -0.2) is 15.0 Å². The monoisotopic (exact) mass is 845 g/mol. The first-order valence-electron chi connectivity index (χ1n) is 21.9. The van der Waals surface area contributed by atoms with Crippen molar-refractivity contribution in [3.05, 3.63) is 237 Å². The minimum atomic E-state index is 0.626. The Morgan fingerprint density at radius 2 is 0.600 bits per heavy atom. The molecule has 3 nitrogen and oxygen atoms in total. The molecule has 304 valence electrons. The minimum absolute atomic E-state index is 0.626. The van der Waals surface area contributed by atoms with Crippen molar-refractivity contribution >= 4 is 42.3 Å². The van der Waals surface area contributed by atoms with Crippen LogP contribution in [0.2, 0.25) is 0 Å². The van der Waals surface area contributed by atoms with Crippen molar-refractivity contribution in [1.29, 1.82) is 0 Å². The zero-order valence-corrected chi connectivity index (χ0v) is 36.1. The largest absolute Gasteiger partial charge is 0.208 e. The number of fused-ring (bicyclic) bond motifs is 4. The molecule has 0 fully saturated rings. The van der Waals surface area contributed by atoms with Gasteiger partial charge in [0.25, 0.3) is 0 Å². The molecule has 0 atom stereocenters. The van der Waals surface area contributed by atoms with Crippen molar-refractivity contribution in [3.8, 4) is 89.8 Å². The highest BCUT2D eigenvalue weighted by atomic mass is 32.1. The van der Waals surface area contributed by atoms with Gasteiger partial charge in [0.1, 0.15) is 0 Å². The molecule has 0 unspecified atom stereocenters. The summed E-state index contributed by atoms with van der Waals surface area (Å²) in [6.45, 7) is 0. The second kappa shape index (κ2) is 16.4. The van der Waals surface area contributed by atoms with Gasteiger partial charge in [0.2, 0.25) is 0 Å². The van der Waals surface area contributed by atoms with Gasteiger partial charge in [0, 0.05) is 36.9 Å². The third kappa shape index (κ3) is 7.26. The molecular weight excluding hydrogens is 807 g/mol. The van der Waals surface area contributed by atoms with Crippen molar-refractivity contribution in [2.75, 3.05) is 0 Å². The van der Waals surface area contributed by atoms with E-state index in [0.717, 1.165) is 44.5 Å². The summed E-state index contributed by atoms with van der Waals surface area (Å²) in [6, 6.07) is 84.1. The van der Waals surface area contributed by atoms with E-state index in [0.29, 0.717) is 17.5 Å². The third-order valence-electron chi connectivity index (χ3n) is 12.4. The lowest BCUT2D eigenvalue weighted by molar-refractivity contribution is 1.07. The SMILES string of the molecule is c1ccc(-c2ccc(-c3nc(-c4ccc(-c5ccc(-c6ccc(-c7ccc8c(c7)sc7ccccc78)c7ccccc67)cc5)cc4)nc(-c4ccccc4-c4ccccc4)n3)cc2)cc1. The Morgan fingerprint density at radius 3 is 1.20 bits per heavy atom. The quantitative estimate of drug-likeness (QED) is 0.153. The number of hydrogen-bond donors (Lipinski definition) is 0. The Labute approximate surface area is 381 Å². The van der Waals surface area contributed by atoms with Crippen LogP contribution < -0.4 is 0 Å². The van der Waals surface area contributed by atoms with Crippen LogP contribution in [0.5, 0.6) is 0 Å². The summed E-state index contributed by atoms with van der Waals surface area (Å²) in [7, 11) is 0. The van der Waals surface area contributed by atoms with Crippen molar-refractivity contribution in [2.24, 2.45) is 0 Å². The van der Waals surface area contributed by atoms with E-state index in [1.807, 2.05) is 29.5 Å². The average Bonchev–Trinajstić information content (AvgIpc) is 3.77. The molecule has 0 N–H and O–H groups in total. The van der Waals surface area contributed by atoms with Crippen molar-refractivity contribution in [3.63, 3.8) is 0 Å². The number of rotatable bonds is 8. The Kier molecular flexibility index (Phi) is 9.70. The van der Waals surface area contributed by atoms with Gasteiger partial charge in [0.15, 0.2) is 17.5 Å². The van der Waals surface area contributed by atoms with E-state index >= 15 is 0 Å². The van der Waals surface area contributed by atoms with Crippen LogP contribution in [0.4, 0.5) is 0 Å². The van der Waals surface area contributed by atoms with E-state index in [9.17, 15) is 0 Å². The van der Waals surface area contributed by atoms with Gasteiger partial charge in [-0.2, -0.15) is 0 Å². The number of benzene rings is 10. The standard InChI is InChI=1S/C61H39N3S/c1-3-13-40(14-4-1)41-25-31-46(32-26-41)59-62-60(64-61(63-59)56-21-10-7-17-49(56)44-15-5-2-6-16-44)47-33-27-43(28-34-47)42-23-29-45(30-24-42)50-37-38-51(53-19-9-8-18-52(50)53)48-35-36-55-54-20-11-12-22-57(54)65-58(55)39-48/h1-39H. The molecule has 10 aromatic carbocycles. The molecule has 0 aliphatic heterocycles. The molecule has 0 amide bonds. The van der Waals surface area contributed by atoms with Crippen LogP contribution in [0.3, 0.4) is 0 Å². The molecule has 2 heterocycles. The van der Waals surface area contributed by atoms with Gasteiger partial charge in [0.05, 0.1) is 0 Å². The number of hydrogen-bond acceptors (Lipinski definition) is 4. The van der Waals surface area contributed by atoms with E-state index in [4.69, 9.17) is 15.0 Å². The average molecular weight is 846 g/mol. The first-order chi connectivity index (χ1) is 32.2. The molecule has 2 aromatic heterocycles. The molecule has 0 saturated carbocycles. The van der Waals surface area contributed by atoms with Crippen LogP contribution in [0.1, 0.15) is 0 Å². The summed E-state index contributed by atoms with van der Waals surface area (Å²) >= 11 is 1.86. The van der Waals surface area contributed by atoms with Gasteiger partial charge >= 0.3 is 0 Å². The normalized spacial score (nSPS) is 11.4. The smallest absolute Gasteiger partial charge is 0.164 e. The van der Waals surface area contributed by atoms with Gasteiger partial charge in [-0.15, -0.1) is 11.3 Å². The molecule has 12 rings (SSSR count). The molecule has 65 heavy (non-hydrogen) atoms. The highest BCUT2D eigenvalue weighted by Gasteiger charge is 2.17. The van der Waals surface area contributed by atoms with Crippen molar-refractivity contribution < 1.29 is 0 Å². The van der Waals surface area contributed by atoms with Crippen LogP contribution in [0.25, 0.3) is 121 Å². The molecule has 4 heteroatoms. The summed E-state index contributed by atoms with van der Waals surface area (Å²) in [5, 5.41) is 5.14. The highest BCUT2D eigenvalue weighted by molar-refractivity contribution is 7.25. The fourth-order valence-electron chi connectivity index (χ4n) is 9.09. The molecule has 0 radical (unpaired) electrons. The summed E-state index contributed by atoms with van der Waals surface area (Å²) in [5.41, 5.74) is 14.5. The van der Waals surface area contributed by atoms with E-state index in [2.05, 4.69) is 218 Å². The lowest BCUT2D eigenvalue weighted by Crippen LogP contribution is -2.01. The van der Waals surface area contributed by atoms with Crippen LogP contribution in [0, 0.1) is 0 Å². The predicted octanol–water partition coefficient (Wildman–Crippen LogP) is 16.7. The van der Waals surface area contributed by atoms with E-state index < -0.39 is 0 Å². The summed E-state index contributed by atoms with van der Waals surface area (Å²) < 4.78 is 2.64. The highest BCUT2D eigenvalue weighted by Crippen LogP contribution is 2.41. The first-order valence-corrected chi connectivity index (χ1v) is 22.7. The number of thiophene rings is 1. The second-order valence-corrected chi connectivity index (χ2v) is 17.4. The molecule has 0 aliphatic carbocycles. The Bertz CT molecular complexity index is 3670. The van der Waals surface area contributed by atoms with Crippen LogP contribution in [-0.2, 0) is 0 Å². The second-order valence-electron chi connectivity index (χ2n) is 16.3. The lowest BCUT2D eigenvalue weighted by Gasteiger charge is -2.13. The maximum absolute atomic E-state index is 5.15. The van der Waals surface area contributed by atoms with E-state index in [1.54, 1.807) is 0 Å². The summed E-state index contributed by atoms with van der Waals surface area (Å²) in [5.74, 6) is 1.89. The zero-order valence-electron chi connectivity index (χ0n) is 35.3. The molecule has 0 spiro atoms. The van der Waals surface area contributed by atoms with Gasteiger partial charge in [-0.1, -0.05) is 224 Å². The zero-order chi connectivity index (χ0) is 43.1. The molecule has 0 saturated heterocycles. The topological polar surface area (TPSA) is 38.7 Å². The lowest BCUT2D eigenvalue weighted by atomic mass is 9.91. The summed E-state index contributed by atoms with van der Waals surface area (Å²) in [6.07, 6.45) is 0. The maximum Gasteiger partial charge on any atom is 0.164 e. The Morgan fingerprint density at radius 1 is 0.215 bits per heavy atom. The Hall–Kier alpha value is -8.31. The van der Waals surface area contributed by atoms with Gasteiger partial charge in [-0.05, 0) is 78.5 Å². The predicted molar refractivity (Wildman–Crippen MR) is 274 cm³/mol. The van der Waals surface area contributed by atoms with Crippen molar-refractivity contribution in [2.45, 2.75) is 0 Å².